The van der Waals surface area contributed by atoms with Gasteiger partial charge in [-0.1, -0.05) is 25.7 Å². The smallest absolute Gasteiger partial charge is 0.162 e. The van der Waals surface area contributed by atoms with Crippen LogP contribution in [0.1, 0.15) is 75.7 Å². The molecule has 116 valence electrons. The van der Waals surface area contributed by atoms with Crippen LogP contribution in [-0.2, 0) is 10.3 Å². The van der Waals surface area contributed by atoms with E-state index in [9.17, 15) is 0 Å². The zero-order valence-corrected chi connectivity index (χ0v) is 14.9. The predicted octanol–water partition coefficient (Wildman–Crippen LogP) is 4.13. The van der Waals surface area contributed by atoms with Gasteiger partial charge < -0.3 is 10.5 Å². The first-order chi connectivity index (χ1) is 10.2. The second-order valence-electron chi connectivity index (χ2n) is 6.25. The minimum Gasteiger partial charge on any atom is -0.383 e. The van der Waals surface area contributed by atoms with Crippen molar-refractivity contribution in [3.05, 3.63) is 15.1 Å². The van der Waals surface area contributed by atoms with Gasteiger partial charge in [-0.25, -0.2) is 9.97 Å². The quantitative estimate of drug-likeness (QED) is 0.609. The van der Waals surface area contributed by atoms with E-state index in [1.165, 1.54) is 38.5 Å². The molecule has 1 aromatic heterocycles. The molecule has 1 aromatic rings. The molecule has 0 saturated heterocycles. The third-order valence-corrected chi connectivity index (χ3v) is 5.71. The Morgan fingerprint density at radius 1 is 1.19 bits per heavy atom. The molecule has 2 aliphatic rings. The molecule has 0 amide bonds. The zero-order chi connectivity index (χ0) is 14.9. The van der Waals surface area contributed by atoms with Crippen molar-refractivity contribution in [2.45, 2.75) is 69.8 Å². The molecule has 21 heavy (non-hydrogen) atoms. The number of rotatable bonds is 4. The van der Waals surface area contributed by atoms with Crippen LogP contribution in [0, 0.1) is 3.57 Å². The number of anilines is 1. The van der Waals surface area contributed by atoms with Gasteiger partial charge in [0.2, 0.25) is 0 Å². The summed E-state index contributed by atoms with van der Waals surface area (Å²) in [4.78, 5) is 9.56. The Labute approximate surface area is 140 Å². The largest absolute Gasteiger partial charge is 0.383 e. The van der Waals surface area contributed by atoms with Crippen molar-refractivity contribution in [3.63, 3.8) is 0 Å². The van der Waals surface area contributed by atoms with Gasteiger partial charge >= 0.3 is 0 Å². The van der Waals surface area contributed by atoms with Crippen molar-refractivity contribution in [2.75, 3.05) is 12.3 Å². The van der Waals surface area contributed by atoms with Crippen molar-refractivity contribution < 1.29 is 4.74 Å². The van der Waals surface area contributed by atoms with Gasteiger partial charge in [-0.3, -0.25) is 0 Å². The molecular weight excluding hydrogens is 377 g/mol. The summed E-state index contributed by atoms with van der Waals surface area (Å²) in [6.07, 6.45) is 9.44. The summed E-state index contributed by atoms with van der Waals surface area (Å²) < 4.78 is 7.24. The van der Waals surface area contributed by atoms with Crippen LogP contribution in [0.5, 0.6) is 0 Å². The highest BCUT2D eigenvalue weighted by Crippen LogP contribution is 2.44. The number of nitrogens with zero attached hydrogens (tertiary/aromatic N) is 2. The van der Waals surface area contributed by atoms with Crippen LogP contribution in [0.4, 0.5) is 5.82 Å². The van der Waals surface area contributed by atoms with E-state index in [2.05, 4.69) is 34.5 Å². The van der Waals surface area contributed by atoms with E-state index >= 15 is 0 Å². The molecule has 2 aliphatic carbocycles. The van der Waals surface area contributed by atoms with Gasteiger partial charge in [0.1, 0.15) is 11.4 Å². The summed E-state index contributed by atoms with van der Waals surface area (Å²) in [5.41, 5.74) is 7.02. The van der Waals surface area contributed by atoms with E-state index in [0.717, 1.165) is 27.9 Å². The second-order valence-corrected chi connectivity index (χ2v) is 7.33. The fourth-order valence-corrected chi connectivity index (χ4v) is 4.00. The topological polar surface area (TPSA) is 61.0 Å². The summed E-state index contributed by atoms with van der Waals surface area (Å²) in [6.45, 7) is 2.76. The lowest BCUT2D eigenvalue weighted by molar-refractivity contribution is -0.0625. The average Bonchev–Trinajstić information content (AvgIpc) is 3.29. The number of nitrogens with two attached hydrogens (primary N) is 1. The molecule has 5 heteroatoms. The Bertz CT molecular complexity index is 508. The van der Waals surface area contributed by atoms with Crippen molar-refractivity contribution in [2.24, 2.45) is 0 Å². The van der Waals surface area contributed by atoms with Crippen molar-refractivity contribution in [1.29, 1.82) is 0 Å². The lowest BCUT2D eigenvalue weighted by Gasteiger charge is -2.31. The van der Waals surface area contributed by atoms with Crippen LogP contribution in [0.3, 0.4) is 0 Å². The predicted molar refractivity (Wildman–Crippen MR) is 92.1 cm³/mol. The molecule has 0 radical (unpaired) electrons. The minimum atomic E-state index is -0.312. The van der Waals surface area contributed by atoms with Gasteiger partial charge in [0.05, 0.1) is 9.26 Å². The monoisotopic (exact) mass is 401 g/mol. The molecule has 0 spiro atoms. The lowest BCUT2D eigenvalue weighted by Crippen LogP contribution is -2.32. The van der Waals surface area contributed by atoms with E-state index in [1.807, 2.05) is 0 Å². The maximum absolute atomic E-state index is 6.20. The highest BCUT2D eigenvalue weighted by molar-refractivity contribution is 14.1. The Morgan fingerprint density at radius 3 is 2.43 bits per heavy atom. The Kier molecular flexibility index (Phi) is 4.69. The number of halogens is 1. The van der Waals surface area contributed by atoms with E-state index in [1.54, 1.807) is 0 Å². The third-order valence-electron chi connectivity index (χ3n) is 4.61. The van der Waals surface area contributed by atoms with E-state index in [4.69, 9.17) is 15.5 Å². The number of hydrogen-bond acceptors (Lipinski definition) is 4. The van der Waals surface area contributed by atoms with E-state index in [0.29, 0.717) is 18.3 Å². The molecule has 0 unspecified atom stereocenters. The fourth-order valence-electron chi connectivity index (χ4n) is 3.32. The number of ether oxygens (including phenoxy) is 1. The first kappa shape index (κ1) is 15.5. The van der Waals surface area contributed by atoms with Crippen molar-refractivity contribution >= 4 is 28.4 Å². The SMILES string of the molecule is CCOC1(c2nc(N)c(I)c(C3CC3)n2)CCCCCC1. The molecule has 0 aliphatic heterocycles. The van der Waals surface area contributed by atoms with Crippen LogP contribution in [-0.4, -0.2) is 16.6 Å². The van der Waals surface area contributed by atoms with E-state index < -0.39 is 0 Å². The number of aromatic nitrogens is 2. The first-order valence-corrected chi connectivity index (χ1v) is 9.21. The molecule has 3 rings (SSSR count). The summed E-state index contributed by atoms with van der Waals surface area (Å²) >= 11 is 2.29. The van der Waals surface area contributed by atoms with Crippen LogP contribution in [0.2, 0.25) is 0 Å². The average molecular weight is 401 g/mol. The van der Waals surface area contributed by atoms with Gasteiger partial charge in [0, 0.05) is 12.5 Å². The summed E-state index contributed by atoms with van der Waals surface area (Å²) in [7, 11) is 0. The van der Waals surface area contributed by atoms with Gasteiger partial charge in [-0.05, 0) is 55.2 Å². The van der Waals surface area contributed by atoms with Crippen molar-refractivity contribution in [3.8, 4) is 0 Å². The summed E-state index contributed by atoms with van der Waals surface area (Å²) in [5, 5.41) is 0. The van der Waals surface area contributed by atoms with Gasteiger partial charge in [-0.15, -0.1) is 0 Å². The van der Waals surface area contributed by atoms with Crippen molar-refractivity contribution in [1.82, 2.24) is 9.97 Å². The lowest BCUT2D eigenvalue weighted by atomic mass is 9.92. The molecule has 2 saturated carbocycles. The summed E-state index contributed by atoms with van der Waals surface area (Å²) in [5.74, 6) is 2.06. The van der Waals surface area contributed by atoms with E-state index in [-0.39, 0.29) is 5.60 Å². The van der Waals surface area contributed by atoms with Crippen LogP contribution < -0.4 is 5.73 Å². The number of nitrogen functional groups attached to an aromatic ring is 1. The molecule has 0 bridgehead atoms. The molecular formula is C16H24IN3O. The fraction of sp³-hybridized carbons (Fsp3) is 0.750. The normalized spacial score (nSPS) is 22.0. The van der Waals surface area contributed by atoms with Gasteiger partial charge in [0.15, 0.2) is 5.82 Å². The third kappa shape index (κ3) is 3.18. The summed E-state index contributed by atoms with van der Waals surface area (Å²) in [6, 6.07) is 0. The van der Waals surface area contributed by atoms with Crippen LogP contribution >= 0.6 is 22.6 Å². The maximum atomic E-state index is 6.20. The first-order valence-electron chi connectivity index (χ1n) is 8.13. The minimum absolute atomic E-state index is 0.312. The standard InChI is InChI=1S/C16H24IN3O/c1-2-21-16(9-5-3-4-6-10-16)15-19-13(11-7-8-11)12(17)14(18)20-15/h11H,2-10H2,1H3,(H2,18,19,20). The molecule has 2 fully saturated rings. The van der Waals surface area contributed by atoms with Crippen LogP contribution in [0.25, 0.3) is 0 Å². The Hall–Kier alpha value is -0.430. The highest BCUT2D eigenvalue weighted by Gasteiger charge is 2.39. The molecule has 4 nitrogen and oxygen atoms in total. The molecule has 2 N–H and O–H groups in total. The van der Waals surface area contributed by atoms with Crippen LogP contribution in [0.15, 0.2) is 0 Å². The Balaban J connectivity index is 2.02. The Morgan fingerprint density at radius 2 is 1.86 bits per heavy atom. The molecule has 0 aromatic carbocycles. The molecule has 1 heterocycles. The highest BCUT2D eigenvalue weighted by atomic mass is 127. The second kappa shape index (κ2) is 6.36. The van der Waals surface area contributed by atoms with Gasteiger partial charge in [0.25, 0.3) is 0 Å². The zero-order valence-electron chi connectivity index (χ0n) is 12.7. The van der Waals surface area contributed by atoms with Gasteiger partial charge in [-0.2, -0.15) is 0 Å². The molecule has 0 atom stereocenters. The number of hydrogen-bond donors (Lipinski definition) is 1. The maximum Gasteiger partial charge on any atom is 0.162 e.